The number of aryl methyl sites for hydroxylation is 1. The molecule has 2 amide bonds. The summed E-state index contributed by atoms with van der Waals surface area (Å²) in [6, 6.07) is 13.8. The Morgan fingerprint density at radius 1 is 1.06 bits per heavy atom. The first kappa shape index (κ1) is 20.4. The first-order chi connectivity index (χ1) is 15.6. The van der Waals surface area contributed by atoms with Crippen molar-refractivity contribution in [1.82, 2.24) is 15.1 Å². The molecule has 0 saturated carbocycles. The van der Waals surface area contributed by atoms with Crippen molar-refractivity contribution in [2.24, 2.45) is 5.92 Å². The Morgan fingerprint density at radius 3 is 2.72 bits per heavy atom. The minimum absolute atomic E-state index is 0.0821. The third-order valence-corrected chi connectivity index (χ3v) is 6.40. The number of piperidine rings is 1. The van der Waals surface area contributed by atoms with Gasteiger partial charge in [-0.2, -0.15) is 5.10 Å². The lowest BCUT2D eigenvalue weighted by Gasteiger charge is -2.31. The zero-order valence-electron chi connectivity index (χ0n) is 17.7. The van der Waals surface area contributed by atoms with Crippen LogP contribution in [0.1, 0.15) is 41.0 Å². The molecule has 32 heavy (non-hydrogen) atoms. The minimum atomic E-state index is -0.281. The van der Waals surface area contributed by atoms with Gasteiger partial charge in [0.1, 0.15) is 5.82 Å². The first-order valence-corrected chi connectivity index (χ1v) is 11.1. The van der Waals surface area contributed by atoms with Crippen molar-refractivity contribution in [3.05, 3.63) is 71.3 Å². The van der Waals surface area contributed by atoms with Gasteiger partial charge in [-0.3, -0.25) is 14.7 Å². The summed E-state index contributed by atoms with van der Waals surface area (Å²) >= 11 is 0. The third-order valence-electron chi connectivity index (χ3n) is 6.40. The standard InChI is InChI=1S/C25H25FN4O2/c26-19-6-1-4-17(14-19)16-9-11-20(12-10-16)27-24(31)18-5-3-13-30(15-18)25(32)23-21-7-2-8-22(21)28-29-23/h1,4,6,9-12,14,18H,2-3,5,7-8,13,15H2,(H,27,31)(H,28,29)/t18-/m0/s1. The molecule has 0 unspecified atom stereocenters. The van der Waals surface area contributed by atoms with Gasteiger partial charge in [0.2, 0.25) is 5.91 Å². The highest BCUT2D eigenvalue weighted by Gasteiger charge is 2.32. The van der Waals surface area contributed by atoms with Crippen LogP contribution in [0.5, 0.6) is 0 Å². The molecule has 2 aliphatic rings. The lowest BCUT2D eigenvalue weighted by Crippen LogP contribution is -2.44. The molecule has 5 rings (SSSR count). The SMILES string of the molecule is O=C(Nc1ccc(-c2cccc(F)c2)cc1)[C@H]1CCCN(C(=O)c2n[nH]c3c2CCC3)C1. The maximum Gasteiger partial charge on any atom is 0.274 e. The minimum Gasteiger partial charge on any atom is -0.336 e. The van der Waals surface area contributed by atoms with E-state index in [0.29, 0.717) is 24.5 Å². The summed E-state index contributed by atoms with van der Waals surface area (Å²) in [5, 5.41) is 10.2. The molecular weight excluding hydrogens is 407 g/mol. The van der Waals surface area contributed by atoms with E-state index in [1.807, 2.05) is 30.3 Å². The van der Waals surface area contributed by atoms with E-state index in [-0.39, 0.29) is 23.5 Å². The highest BCUT2D eigenvalue weighted by molar-refractivity contribution is 5.96. The summed E-state index contributed by atoms with van der Waals surface area (Å²) in [5.41, 5.74) is 4.98. The molecule has 0 bridgehead atoms. The number of aromatic amines is 1. The third kappa shape index (κ3) is 4.02. The van der Waals surface area contributed by atoms with Gasteiger partial charge in [0.05, 0.1) is 5.92 Å². The molecule has 7 heteroatoms. The molecular formula is C25H25FN4O2. The number of hydrogen-bond acceptors (Lipinski definition) is 3. The van der Waals surface area contributed by atoms with Crippen molar-refractivity contribution in [2.75, 3.05) is 18.4 Å². The fourth-order valence-electron chi connectivity index (χ4n) is 4.68. The first-order valence-electron chi connectivity index (χ1n) is 11.1. The predicted molar refractivity (Wildman–Crippen MR) is 120 cm³/mol. The molecule has 1 fully saturated rings. The van der Waals surface area contributed by atoms with Crippen LogP contribution in [0.15, 0.2) is 48.5 Å². The Morgan fingerprint density at radius 2 is 1.91 bits per heavy atom. The van der Waals surface area contributed by atoms with Crippen molar-refractivity contribution < 1.29 is 14.0 Å². The second-order valence-corrected chi connectivity index (χ2v) is 8.55. The molecule has 2 heterocycles. The second kappa shape index (κ2) is 8.57. The number of hydrogen-bond donors (Lipinski definition) is 2. The highest BCUT2D eigenvalue weighted by Crippen LogP contribution is 2.27. The van der Waals surface area contributed by atoms with Gasteiger partial charge in [-0.25, -0.2) is 4.39 Å². The summed E-state index contributed by atoms with van der Waals surface area (Å²) in [7, 11) is 0. The number of anilines is 1. The van der Waals surface area contributed by atoms with Crippen LogP contribution in [0.3, 0.4) is 0 Å². The normalized spacial score (nSPS) is 17.8. The van der Waals surface area contributed by atoms with Crippen LogP contribution in [0.2, 0.25) is 0 Å². The topological polar surface area (TPSA) is 78.1 Å². The van der Waals surface area contributed by atoms with Crippen LogP contribution >= 0.6 is 0 Å². The Balaban J connectivity index is 1.23. The molecule has 164 valence electrons. The van der Waals surface area contributed by atoms with Crippen molar-refractivity contribution in [3.8, 4) is 11.1 Å². The summed E-state index contributed by atoms with van der Waals surface area (Å²) in [5.74, 6) is -0.715. The number of fused-ring (bicyclic) bond motifs is 1. The second-order valence-electron chi connectivity index (χ2n) is 8.55. The van der Waals surface area contributed by atoms with Crippen molar-refractivity contribution in [3.63, 3.8) is 0 Å². The van der Waals surface area contributed by atoms with Gasteiger partial charge in [0.15, 0.2) is 5.69 Å². The number of nitrogens with zero attached hydrogens (tertiary/aromatic N) is 2. The van der Waals surface area contributed by atoms with E-state index in [2.05, 4.69) is 15.5 Å². The Bertz CT molecular complexity index is 1160. The van der Waals surface area contributed by atoms with Crippen LogP contribution in [0.4, 0.5) is 10.1 Å². The van der Waals surface area contributed by atoms with Crippen LogP contribution in [0.25, 0.3) is 11.1 Å². The fraction of sp³-hybridized carbons (Fsp3) is 0.320. The highest BCUT2D eigenvalue weighted by atomic mass is 19.1. The summed E-state index contributed by atoms with van der Waals surface area (Å²) in [6.07, 6.45) is 4.41. The zero-order valence-corrected chi connectivity index (χ0v) is 17.7. The number of nitrogens with one attached hydrogen (secondary N) is 2. The van der Waals surface area contributed by atoms with Crippen LogP contribution in [-0.2, 0) is 17.6 Å². The van der Waals surface area contributed by atoms with Crippen LogP contribution in [-0.4, -0.2) is 40.0 Å². The van der Waals surface area contributed by atoms with Crippen LogP contribution < -0.4 is 5.32 Å². The molecule has 2 aromatic carbocycles. The molecule has 1 saturated heterocycles. The molecule has 1 aliphatic carbocycles. The lowest BCUT2D eigenvalue weighted by atomic mass is 9.96. The monoisotopic (exact) mass is 432 g/mol. The Labute approximate surface area is 185 Å². The maximum absolute atomic E-state index is 13.5. The number of benzene rings is 2. The number of likely N-dealkylation sites (tertiary alicyclic amines) is 1. The van der Waals surface area contributed by atoms with Crippen LogP contribution in [0, 0.1) is 11.7 Å². The molecule has 0 spiro atoms. The predicted octanol–water partition coefficient (Wildman–Crippen LogP) is 4.20. The van der Waals surface area contributed by atoms with E-state index in [1.165, 1.54) is 12.1 Å². The van der Waals surface area contributed by atoms with Gasteiger partial charge < -0.3 is 10.2 Å². The van der Waals surface area contributed by atoms with Gasteiger partial charge in [0, 0.05) is 30.0 Å². The Kier molecular flexibility index (Phi) is 5.47. The number of H-pyrrole nitrogens is 1. The molecule has 0 radical (unpaired) electrons. The van der Waals surface area contributed by atoms with E-state index < -0.39 is 0 Å². The van der Waals surface area contributed by atoms with Crippen molar-refractivity contribution >= 4 is 17.5 Å². The number of amides is 2. The van der Waals surface area contributed by atoms with Gasteiger partial charge in [-0.15, -0.1) is 0 Å². The van der Waals surface area contributed by atoms with Gasteiger partial charge in [0.25, 0.3) is 5.91 Å². The van der Waals surface area contributed by atoms with E-state index in [4.69, 9.17) is 0 Å². The number of carbonyl (C=O) groups excluding carboxylic acids is 2. The molecule has 1 aromatic heterocycles. The quantitative estimate of drug-likeness (QED) is 0.649. The number of aromatic nitrogens is 2. The molecule has 1 aliphatic heterocycles. The Hall–Kier alpha value is -3.48. The van der Waals surface area contributed by atoms with E-state index in [9.17, 15) is 14.0 Å². The number of rotatable bonds is 4. The van der Waals surface area contributed by atoms with E-state index in [0.717, 1.165) is 54.5 Å². The molecule has 2 N–H and O–H groups in total. The van der Waals surface area contributed by atoms with Crippen molar-refractivity contribution in [2.45, 2.75) is 32.1 Å². The fourth-order valence-corrected chi connectivity index (χ4v) is 4.68. The maximum atomic E-state index is 13.5. The van der Waals surface area contributed by atoms with Crippen molar-refractivity contribution in [1.29, 1.82) is 0 Å². The lowest BCUT2D eigenvalue weighted by molar-refractivity contribution is -0.121. The largest absolute Gasteiger partial charge is 0.336 e. The molecule has 3 aromatic rings. The average molecular weight is 432 g/mol. The zero-order chi connectivity index (χ0) is 22.1. The average Bonchev–Trinajstić information content (AvgIpc) is 3.43. The number of carbonyl (C=O) groups is 2. The molecule has 1 atom stereocenters. The van der Waals surface area contributed by atoms with Gasteiger partial charge in [-0.1, -0.05) is 24.3 Å². The summed E-state index contributed by atoms with van der Waals surface area (Å²) < 4.78 is 13.5. The van der Waals surface area contributed by atoms with E-state index >= 15 is 0 Å². The van der Waals surface area contributed by atoms with E-state index in [1.54, 1.807) is 11.0 Å². The summed E-state index contributed by atoms with van der Waals surface area (Å²) in [4.78, 5) is 27.7. The smallest absolute Gasteiger partial charge is 0.274 e. The summed E-state index contributed by atoms with van der Waals surface area (Å²) in [6.45, 7) is 1.04. The van der Waals surface area contributed by atoms with Gasteiger partial charge >= 0.3 is 0 Å². The number of halogens is 1. The molecule has 6 nitrogen and oxygen atoms in total. The van der Waals surface area contributed by atoms with Gasteiger partial charge in [-0.05, 0) is 67.5 Å².